The highest BCUT2D eigenvalue weighted by Gasteiger charge is 2.44. The van der Waals surface area contributed by atoms with Gasteiger partial charge in [0.15, 0.2) is 11.5 Å². The Labute approximate surface area is 200 Å². The zero-order valence-electron chi connectivity index (χ0n) is 20.3. The van der Waals surface area contributed by atoms with Crippen molar-refractivity contribution in [1.29, 1.82) is 0 Å². The fraction of sp³-hybridized carbons (Fsp3) is 0.385. The minimum Gasteiger partial charge on any atom is -0.872 e. The maximum atomic E-state index is 13.5. The molecular formula is C26H32N2O6. The number of likely N-dealkylation sites (tertiary alicyclic amines) is 1. The minimum atomic E-state index is -0.816. The highest BCUT2D eigenvalue weighted by atomic mass is 16.5. The van der Waals surface area contributed by atoms with E-state index < -0.39 is 23.5 Å². The number of ketones is 1. The summed E-state index contributed by atoms with van der Waals surface area (Å²) in [5, 5.41) is 13.5. The number of hydrogen-bond acceptors (Lipinski definition) is 6. The van der Waals surface area contributed by atoms with Gasteiger partial charge in [0.2, 0.25) is 5.78 Å². The molecule has 0 bridgehead atoms. The van der Waals surface area contributed by atoms with E-state index in [1.807, 2.05) is 27.9 Å². The molecule has 1 saturated heterocycles. The van der Waals surface area contributed by atoms with Crippen LogP contribution in [-0.2, 0) is 9.59 Å². The second kappa shape index (κ2) is 11.1. The molecule has 0 saturated carbocycles. The van der Waals surface area contributed by atoms with Gasteiger partial charge in [-0.3, -0.25) is 9.59 Å². The number of carbonyl (C=O) groups is 2. The number of nitrogens with one attached hydrogen (secondary N) is 1. The van der Waals surface area contributed by atoms with Gasteiger partial charge >= 0.3 is 0 Å². The standard InChI is InChI=1S/C26H32N2O6/c1-6-33-20-13-10-18(16-21(20)34-7-2)23-22(24(29)17-8-11-19(32-5)12-9-17)25(30)26(31)28(23)15-14-27(3)4/h8-13,16,23,29H,6-7,14-15H2,1-5H3/b24-22+. The topological polar surface area (TPSA) is 92.6 Å². The Balaban J connectivity index is 2.16. The van der Waals surface area contributed by atoms with E-state index in [-0.39, 0.29) is 5.57 Å². The van der Waals surface area contributed by atoms with Gasteiger partial charge in [0, 0.05) is 5.57 Å². The molecule has 1 heterocycles. The first-order chi connectivity index (χ1) is 16.3. The number of methoxy groups -OCH3 is 1. The van der Waals surface area contributed by atoms with Crippen LogP contribution in [0, 0.1) is 0 Å². The molecule has 1 atom stereocenters. The average molecular weight is 469 g/mol. The van der Waals surface area contributed by atoms with Crippen LogP contribution in [0.15, 0.2) is 48.0 Å². The Bertz CT molecular complexity index is 1060. The number of rotatable bonds is 10. The first-order valence-corrected chi connectivity index (χ1v) is 11.4. The van der Waals surface area contributed by atoms with Gasteiger partial charge in [-0.1, -0.05) is 24.0 Å². The van der Waals surface area contributed by atoms with Gasteiger partial charge in [-0.2, -0.15) is 0 Å². The van der Waals surface area contributed by atoms with Crippen molar-refractivity contribution >= 4 is 17.4 Å². The number of Topliss-reactive ketones (excluding diaryl/α,β-unsaturated/α-hetero) is 1. The van der Waals surface area contributed by atoms with Crippen molar-refractivity contribution < 1.29 is 33.8 Å². The van der Waals surface area contributed by atoms with Crippen molar-refractivity contribution in [2.75, 3.05) is 47.5 Å². The summed E-state index contributed by atoms with van der Waals surface area (Å²) in [6.07, 6.45) is 0. The Hall–Kier alpha value is -3.52. The first kappa shape index (κ1) is 25.1. The molecule has 0 radical (unpaired) electrons. The van der Waals surface area contributed by atoms with Gasteiger partial charge in [-0.25, -0.2) is 0 Å². The van der Waals surface area contributed by atoms with Crippen LogP contribution in [0.25, 0.3) is 5.76 Å². The summed E-state index contributed by atoms with van der Waals surface area (Å²) in [6.45, 7) is 5.57. The lowest BCUT2D eigenvalue weighted by Crippen LogP contribution is -3.06. The van der Waals surface area contributed by atoms with E-state index in [1.54, 1.807) is 42.5 Å². The Morgan fingerprint density at radius 3 is 2.24 bits per heavy atom. The predicted molar refractivity (Wildman–Crippen MR) is 126 cm³/mol. The van der Waals surface area contributed by atoms with E-state index in [1.165, 1.54) is 12.0 Å². The summed E-state index contributed by atoms with van der Waals surface area (Å²) in [5.74, 6) is -0.256. The van der Waals surface area contributed by atoms with Crippen LogP contribution in [0.3, 0.4) is 0 Å². The summed E-state index contributed by atoms with van der Waals surface area (Å²) in [5.41, 5.74) is 0.880. The molecular weight excluding hydrogens is 436 g/mol. The molecule has 0 aliphatic carbocycles. The second-order valence-electron chi connectivity index (χ2n) is 8.23. The first-order valence-electron chi connectivity index (χ1n) is 11.4. The molecule has 2 aromatic rings. The molecule has 1 amide bonds. The SMILES string of the molecule is CCOc1ccc(C2/C(=C(\[O-])c3ccc(OC)cc3)C(=O)C(=O)N2CC[NH+](C)C)cc1OCC. The normalized spacial score (nSPS) is 17.4. The molecule has 1 unspecified atom stereocenters. The molecule has 1 aliphatic rings. The fourth-order valence-electron chi connectivity index (χ4n) is 3.93. The maximum absolute atomic E-state index is 13.5. The number of quaternary nitrogens is 1. The molecule has 8 nitrogen and oxygen atoms in total. The molecule has 8 heteroatoms. The van der Waals surface area contributed by atoms with Crippen molar-refractivity contribution in [2.24, 2.45) is 0 Å². The van der Waals surface area contributed by atoms with Crippen LogP contribution in [-0.4, -0.2) is 64.1 Å². The van der Waals surface area contributed by atoms with Crippen molar-refractivity contribution in [1.82, 2.24) is 4.90 Å². The lowest BCUT2D eigenvalue weighted by Gasteiger charge is -2.28. The smallest absolute Gasteiger partial charge is 0.295 e. The summed E-state index contributed by atoms with van der Waals surface area (Å²) >= 11 is 0. The van der Waals surface area contributed by atoms with E-state index in [0.29, 0.717) is 54.7 Å². The zero-order valence-corrected chi connectivity index (χ0v) is 20.3. The third-order valence-corrected chi connectivity index (χ3v) is 5.62. The highest BCUT2D eigenvalue weighted by molar-refractivity contribution is 6.46. The second-order valence-corrected chi connectivity index (χ2v) is 8.23. The minimum absolute atomic E-state index is 0.0597. The van der Waals surface area contributed by atoms with E-state index in [0.717, 1.165) is 4.90 Å². The van der Waals surface area contributed by atoms with Gasteiger partial charge < -0.3 is 29.1 Å². The van der Waals surface area contributed by atoms with Gasteiger partial charge in [-0.15, -0.1) is 0 Å². The van der Waals surface area contributed by atoms with E-state index >= 15 is 0 Å². The van der Waals surface area contributed by atoms with Crippen LogP contribution in [0.2, 0.25) is 0 Å². The van der Waals surface area contributed by atoms with Gasteiger partial charge in [0.05, 0.1) is 53.6 Å². The summed E-state index contributed by atoms with van der Waals surface area (Å²) < 4.78 is 16.6. The van der Waals surface area contributed by atoms with Gasteiger partial charge in [-0.05, 0) is 49.2 Å². The predicted octanol–water partition coefficient (Wildman–Crippen LogP) is 0.861. The number of amides is 1. The molecule has 1 aliphatic heterocycles. The van der Waals surface area contributed by atoms with Crippen molar-refractivity contribution in [2.45, 2.75) is 19.9 Å². The lowest BCUT2D eigenvalue weighted by atomic mass is 9.95. The van der Waals surface area contributed by atoms with Crippen LogP contribution < -0.4 is 24.2 Å². The summed E-state index contributed by atoms with van der Waals surface area (Å²) in [4.78, 5) is 28.8. The lowest BCUT2D eigenvalue weighted by molar-refractivity contribution is -0.857. The van der Waals surface area contributed by atoms with Crippen molar-refractivity contribution in [3.05, 3.63) is 59.2 Å². The molecule has 34 heavy (non-hydrogen) atoms. The number of carbonyl (C=O) groups excluding carboxylic acids is 2. The van der Waals surface area contributed by atoms with Crippen LogP contribution in [0.1, 0.15) is 31.0 Å². The molecule has 0 aromatic heterocycles. The number of nitrogens with zero attached hydrogens (tertiary/aromatic N) is 1. The van der Waals surface area contributed by atoms with Crippen LogP contribution in [0.5, 0.6) is 17.2 Å². The number of hydrogen-bond donors (Lipinski definition) is 1. The molecule has 2 aromatic carbocycles. The third-order valence-electron chi connectivity index (χ3n) is 5.62. The molecule has 0 spiro atoms. The van der Waals surface area contributed by atoms with E-state index in [2.05, 4.69) is 0 Å². The monoisotopic (exact) mass is 468 g/mol. The number of ether oxygens (including phenoxy) is 3. The van der Waals surface area contributed by atoms with Crippen LogP contribution in [0.4, 0.5) is 0 Å². The highest BCUT2D eigenvalue weighted by Crippen LogP contribution is 2.41. The Kier molecular flexibility index (Phi) is 8.17. The third kappa shape index (κ3) is 5.17. The van der Waals surface area contributed by atoms with E-state index in [4.69, 9.17) is 14.2 Å². The molecule has 1 N–H and O–H groups in total. The molecule has 1 fully saturated rings. The van der Waals surface area contributed by atoms with Crippen LogP contribution >= 0.6 is 0 Å². The molecule has 182 valence electrons. The maximum Gasteiger partial charge on any atom is 0.295 e. The quantitative estimate of drug-likeness (QED) is 0.316. The van der Waals surface area contributed by atoms with Gasteiger partial charge in [0.25, 0.3) is 5.91 Å². The van der Waals surface area contributed by atoms with Gasteiger partial charge in [0.1, 0.15) is 5.75 Å². The van der Waals surface area contributed by atoms with E-state index in [9.17, 15) is 14.7 Å². The number of likely N-dealkylation sites (N-methyl/N-ethyl adjacent to an activating group) is 1. The molecule has 3 rings (SSSR count). The Morgan fingerprint density at radius 1 is 1.00 bits per heavy atom. The average Bonchev–Trinajstić information content (AvgIpc) is 3.08. The van der Waals surface area contributed by atoms with Crippen molar-refractivity contribution in [3.8, 4) is 17.2 Å². The number of benzene rings is 2. The summed E-state index contributed by atoms with van der Waals surface area (Å²) in [6, 6.07) is 11.0. The fourth-order valence-corrected chi connectivity index (χ4v) is 3.93. The van der Waals surface area contributed by atoms with Crippen molar-refractivity contribution in [3.63, 3.8) is 0 Å². The summed E-state index contributed by atoms with van der Waals surface area (Å²) in [7, 11) is 5.47. The zero-order chi connectivity index (χ0) is 24.8. The largest absolute Gasteiger partial charge is 0.872 e. The Morgan fingerprint density at radius 2 is 1.65 bits per heavy atom.